The van der Waals surface area contributed by atoms with Gasteiger partial charge in [0, 0.05) is 23.5 Å². The summed E-state index contributed by atoms with van der Waals surface area (Å²) >= 11 is 0. The molecule has 0 aliphatic rings. The molecule has 3 N–H and O–H groups in total. The second-order valence-electron chi connectivity index (χ2n) is 4.14. The van der Waals surface area contributed by atoms with Gasteiger partial charge in [-0.25, -0.2) is 0 Å². The highest BCUT2D eigenvalue weighted by molar-refractivity contribution is 5.94. The third-order valence-electron chi connectivity index (χ3n) is 2.83. The topological polar surface area (TPSA) is 68.0 Å². The minimum absolute atomic E-state index is 0.0693. The molecule has 0 aliphatic carbocycles. The summed E-state index contributed by atoms with van der Waals surface area (Å²) in [6.07, 6.45) is 4.86. The molecule has 0 aliphatic heterocycles. The quantitative estimate of drug-likeness (QED) is 0.788. The lowest BCUT2D eigenvalue weighted by atomic mass is 9.94. The van der Waals surface area contributed by atoms with E-state index in [1.807, 2.05) is 13.8 Å². The molecule has 16 heavy (non-hydrogen) atoms. The first-order valence-electron chi connectivity index (χ1n) is 5.54. The Bertz CT molecular complexity index is 339. The first-order chi connectivity index (χ1) is 7.61. The Balaban J connectivity index is 2.70. The fourth-order valence-corrected chi connectivity index (χ4v) is 1.50. The molecule has 88 valence electrons. The van der Waals surface area contributed by atoms with Gasteiger partial charge in [-0.1, -0.05) is 6.92 Å². The van der Waals surface area contributed by atoms with E-state index in [-0.39, 0.29) is 11.4 Å². The zero-order valence-corrected chi connectivity index (χ0v) is 9.86. The molecular weight excluding hydrogens is 202 g/mol. The lowest BCUT2D eigenvalue weighted by molar-refractivity contribution is 0.0900. The average molecular weight is 221 g/mol. The standard InChI is InChI=1S/C12H19N3O/c1-3-12(2,6-7-13)15-11(16)10-4-8-14-9-5-10/h4-5,8-9H,3,6-7,13H2,1-2H3,(H,15,16). The highest BCUT2D eigenvalue weighted by atomic mass is 16.1. The van der Waals surface area contributed by atoms with Crippen LogP contribution in [0.1, 0.15) is 37.0 Å². The number of carbonyl (C=O) groups is 1. The number of rotatable bonds is 5. The van der Waals surface area contributed by atoms with Crippen LogP contribution in [0.25, 0.3) is 0 Å². The van der Waals surface area contributed by atoms with Gasteiger partial charge in [0.15, 0.2) is 0 Å². The summed E-state index contributed by atoms with van der Waals surface area (Å²) < 4.78 is 0. The van der Waals surface area contributed by atoms with E-state index in [4.69, 9.17) is 5.73 Å². The average Bonchev–Trinajstić information content (AvgIpc) is 2.30. The molecule has 0 radical (unpaired) electrons. The number of nitrogens with two attached hydrogens (primary N) is 1. The fourth-order valence-electron chi connectivity index (χ4n) is 1.50. The van der Waals surface area contributed by atoms with Gasteiger partial charge in [-0.3, -0.25) is 9.78 Å². The third-order valence-corrected chi connectivity index (χ3v) is 2.83. The third kappa shape index (κ3) is 3.31. The lowest BCUT2D eigenvalue weighted by Gasteiger charge is -2.29. The van der Waals surface area contributed by atoms with Gasteiger partial charge < -0.3 is 11.1 Å². The molecule has 0 saturated heterocycles. The molecular formula is C12H19N3O. The molecule has 0 aromatic carbocycles. The monoisotopic (exact) mass is 221 g/mol. The van der Waals surface area contributed by atoms with Gasteiger partial charge in [0.05, 0.1) is 0 Å². The summed E-state index contributed by atoms with van der Waals surface area (Å²) in [5.41, 5.74) is 5.95. The van der Waals surface area contributed by atoms with Crippen LogP contribution in [0.15, 0.2) is 24.5 Å². The van der Waals surface area contributed by atoms with Crippen molar-refractivity contribution in [3.63, 3.8) is 0 Å². The maximum atomic E-state index is 11.9. The van der Waals surface area contributed by atoms with Crippen LogP contribution < -0.4 is 11.1 Å². The molecule has 4 nitrogen and oxygen atoms in total. The maximum Gasteiger partial charge on any atom is 0.251 e. The molecule has 0 spiro atoms. The van der Waals surface area contributed by atoms with E-state index in [1.54, 1.807) is 24.5 Å². The van der Waals surface area contributed by atoms with Crippen molar-refractivity contribution < 1.29 is 4.79 Å². The number of nitrogens with zero attached hydrogens (tertiary/aromatic N) is 1. The fraction of sp³-hybridized carbons (Fsp3) is 0.500. The van der Waals surface area contributed by atoms with E-state index in [1.165, 1.54) is 0 Å². The molecule has 1 rings (SSSR count). The molecule has 0 saturated carbocycles. The molecule has 1 aromatic rings. The molecule has 0 bridgehead atoms. The normalized spacial score (nSPS) is 14.2. The van der Waals surface area contributed by atoms with Crippen molar-refractivity contribution in [1.29, 1.82) is 0 Å². The van der Waals surface area contributed by atoms with Crippen molar-refractivity contribution in [3.05, 3.63) is 30.1 Å². The molecule has 1 heterocycles. The molecule has 1 amide bonds. The molecule has 1 unspecified atom stereocenters. The smallest absolute Gasteiger partial charge is 0.251 e. The van der Waals surface area contributed by atoms with Crippen LogP contribution in [0.2, 0.25) is 0 Å². The Kier molecular flexibility index (Phi) is 4.43. The summed E-state index contributed by atoms with van der Waals surface area (Å²) in [4.78, 5) is 15.8. The van der Waals surface area contributed by atoms with Crippen molar-refractivity contribution >= 4 is 5.91 Å². The number of nitrogens with one attached hydrogen (secondary N) is 1. The summed E-state index contributed by atoms with van der Waals surface area (Å²) in [5, 5.41) is 3.01. The van der Waals surface area contributed by atoms with Crippen LogP contribution in [-0.2, 0) is 0 Å². The second kappa shape index (κ2) is 5.61. The number of hydrogen-bond acceptors (Lipinski definition) is 3. The van der Waals surface area contributed by atoms with Crippen LogP contribution in [0, 0.1) is 0 Å². The van der Waals surface area contributed by atoms with Crippen molar-refractivity contribution in [2.75, 3.05) is 6.54 Å². The van der Waals surface area contributed by atoms with Crippen LogP contribution in [0.5, 0.6) is 0 Å². The molecule has 0 fully saturated rings. The number of hydrogen-bond donors (Lipinski definition) is 2. The summed E-state index contributed by atoms with van der Waals surface area (Å²) in [7, 11) is 0. The van der Waals surface area contributed by atoms with Gasteiger partial charge in [0.25, 0.3) is 5.91 Å². The summed E-state index contributed by atoms with van der Waals surface area (Å²) in [6, 6.07) is 3.40. The van der Waals surface area contributed by atoms with Gasteiger partial charge in [-0.15, -0.1) is 0 Å². The van der Waals surface area contributed by atoms with Gasteiger partial charge >= 0.3 is 0 Å². The Morgan fingerprint density at radius 2 is 2.12 bits per heavy atom. The first kappa shape index (κ1) is 12.6. The molecule has 1 aromatic heterocycles. The highest BCUT2D eigenvalue weighted by Gasteiger charge is 2.23. The van der Waals surface area contributed by atoms with Crippen LogP contribution in [0.4, 0.5) is 0 Å². The SMILES string of the molecule is CCC(C)(CCN)NC(=O)c1ccncc1. The Labute approximate surface area is 96.3 Å². The zero-order valence-electron chi connectivity index (χ0n) is 9.86. The zero-order chi connectivity index (χ0) is 12.0. The number of pyridine rings is 1. The number of carbonyl (C=O) groups excluding carboxylic acids is 1. The predicted molar refractivity (Wildman–Crippen MR) is 64.1 cm³/mol. The second-order valence-corrected chi connectivity index (χ2v) is 4.14. The Morgan fingerprint density at radius 1 is 1.50 bits per heavy atom. The molecule has 4 heteroatoms. The van der Waals surface area contributed by atoms with Gasteiger partial charge in [-0.05, 0) is 38.4 Å². The summed E-state index contributed by atoms with van der Waals surface area (Å²) in [5.74, 6) is -0.0693. The van der Waals surface area contributed by atoms with E-state index in [0.29, 0.717) is 12.1 Å². The van der Waals surface area contributed by atoms with Gasteiger partial charge in [0.2, 0.25) is 0 Å². The van der Waals surface area contributed by atoms with E-state index >= 15 is 0 Å². The van der Waals surface area contributed by atoms with Crippen LogP contribution >= 0.6 is 0 Å². The van der Waals surface area contributed by atoms with Gasteiger partial charge in [0.1, 0.15) is 0 Å². The van der Waals surface area contributed by atoms with Crippen LogP contribution in [0.3, 0.4) is 0 Å². The van der Waals surface area contributed by atoms with Crippen molar-refractivity contribution in [2.24, 2.45) is 5.73 Å². The predicted octanol–water partition coefficient (Wildman–Crippen LogP) is 1.33. The minimum Gasteiger partial charge on any atom is -0.347 e. The maximum absolute atomic E-state index is 11.9. The first-order valence-corrected chi connectivity index (χ1v) is 5.54. The minimum atomic E-state index is -0.227. The van der Waals surface area contributed by atoms with E-state index in [0.717, 1.165) is 12.8 Å². The Morgan fingerprint density at radius 3 is 2.62 bits per heavy atom. The number of amides is 1. The van der Waals surface area contributed by atoms with E-state index < -0.39 is 0 Å². The van der Waals surface area contributed by atoms with Crippen molar-refractivity contribution in [3.8, 4) is 0 Å². The Hall–Kier alpha value is -1.42. The van der Waals surface area contributed by atoms with E-state index in [2.05, 4.69) is 10.3 Å². The van der Waals surface area contributed by atoms with E-state index in [9.17, 15) is 4.79 Å². The largest absolute Gasteiger partial charge is 0.347 e. The highest BCUT2D eigenvalue weighted by Crippen LogP contribution is 2.14. The lowest BCUT2D eigenvalue weighted by Crippen LogP contribution is -2.46. The van der Waals surface area contributed by atoms with Crippen molar-refractivity contribution in [2.45, 2.75) is 32.2 Å². The summed E-state index contributed by atoms with van der Waals surface area (Å²) in [6.45, 7) is 4.63. The van der Waals surface area contributed by atoms with Gasteiger partial charge in [-0.2, -0.15) is 0 Å². The number of aromatic nitrogens is 1. The van der Waals surface area contributed by atoms with Crippen molar-refractivity contribution in [1.82, 2.24) is 10.3 Å². The molecule has 1 atom stereocenters. The van der Waals surface area contributed by atoms with Crippen LogP contribution in [-0.4, -0.2) is 23.0 Å².